The van der Waals surface area contributed by atoms with Crippen LogP contribution in [0.3, 0.4) is 0 Å². The molecule has 0 unspecified atom stereocenters. The number of imidazole rings is 1. The van der Waals surface area contributed by atoms with Crippen LogP contribution >= 0.6 is 15.9 Å². The zero-order chi connectivity index (χ0) is 25.9. The van der Waals surface area contributed by atoms with Crippen LogP contribution in [0.5, 0.6) is 0 Å². The predicted octanol–water partition coefficient (Wildman–Crippen LogP) is 5.41. The molecule has 0 fully saturated rings. The summed E-state index contributed by atoms with van der Waals surface area (Å²) in [5.74, 6) is 1.43. The van der Waals surface area contributed by atoms with E-state index in [1.54, 1.807) is 19.6 Å². The Bertz CT molecular complexity index is 1510. The molecule has 0 radical (unpaired) electrons. The van der Waals surface area contributed by atoms with Crippen LogP contribution in [-0.2, 0) is 17.7 Å². The van der Waals surface area contributed by atoms with Gasteiger partial charge in [-0.3, -0.25) is 0 Å². The van der Waals surface area contributed by atoms with Crippen molar-refractivity contribution in [3.05, 3.63) is 64.4 Å². The molecule has 10 nitrogen and oxygen atoms in total. The second-order valence-electron chi connectivity index (χ2n) is 8.50. The number of unbranched alkanes of at least 4 members (excludes halogenated alkanes) is 1. The quantitative estimate of drug-likeness (QED) is 0.228. The summed E-state index contributed by atoms with van der Waals surface area (Å²) in [5.41, 5.74) is 6.05. The molecule has 3 aromatic rings. The third kappa shape index (κ3) is 4.39. The number of nitrogens with one attached hydrogen (secondary N) is 2. The van der Waals surface area contributed by atoms with Gasteiger partial charge in [-0.25, -0.2) is 14.9 Å². The van der Waals surface area contributed by atoms with E-state index in [-0.39, 0.29) is 0 Å². The number of rotatable bonds is 9. The summed E-state index contributed by atoms with van der Waals surface area (Å²) < 4.78 is 13.5. The van der Waals surface area contributed by atoms with Crippen molar-refractivity contribution in [1.82, 2.24) is 30.2 Å². The number of benzene rings is 1. The first-order valence-electron chi connectivity index (χ1n) is 11.9. The van der Waals surface area contributed by atoms with Gasteiger partial charge < -0.3 is 19.0 Å². The summed E-state index contributed by atoms with van der Waals surface area (Å²) in [6.45, 7) is 2.52. The number of aryl methyl sites for hydroxylation is 1. The number of carbonyl (C=O) groups is 1. The second kappa shape index (κ2) is 10.6. The number of carbonyl (C=O) groups excluding carboxylic acids is 1. The van der Waals surface area contributed by atoms with Crippen LogP contribution in [0, 0.1) is 0 Å². The third-order valence-corrected chi connectivity index (χ3v) is 7.23. The van der Waals surface area contributed by atoms with E-state index in [9.17, 15) is 4.79 Å². The molecule has 37 heavy (non-hydrogen) atoms. The van der Waals surface area contributed by atoms with Crippen molar-refractivity contribution in [2.45, 2.75) is 32.7 Å². The highest BCUT2D eigenvalue weighted by Crippen LogP contribution is 2.48. The molecule has 3 heterocycles. The molecular formula is C26H26BrN7O3. The first kappa shape index (κ1) is 24.7. The standard InChI is InChI=1S/C26H26BrN7O3/c1-4-5-10-20-29-25(28-2)23(26(35)36-3)34(20)13-18-15-11-12-37-14-19(15)22(27)21(18)16-8-6-7-9-17(16)24-30-32-33-31-24/h6-9,11-12,14,28H,4-5,10,13H2,1-3H3,(H,30,31,32,33). The number of nitrogens with zero attached hydrogens (tertiary/aromatic N) is 5. The summed E-state index contributed by atoms with van der Waals surface area (Å²) in [4.78, 5) is 17.7. The minimum absolute atomic E-state index is 0.390. The number of aromatic amines is 1. The highest BCUT2D eigenvalue weighted by Gasteiger charge is 2.29. The van der Waals surface area contributed by atoms with Gasteiger partial charge in [0, 0.05) is 34.6 Å². The lowest BCUT2D eigenvalue weighted by Gasteiger charge is -2.15. The summed E-state index contributed by atoms with van der Waals surface area (Å²) in [7, 11) is 3.14. The zero-order valence-corrected chi connectivity index (χ0v) is 22.3. The smallest absolute Gasteiger partial charge is 0.358 e. The lowest BCUT2D eigenvalue weighted by molar-refractivity contribution is 0.0590. The molecule has 2 aliphatic rings. The highest BCUT2D eigenvalue weighted by molar-refractivity contribution is 9.10. The van der Waals surface area contributed by atoms with E-state index in [0.29, 0.717) is 23.9 Å². The number of tetrazole rings is 1. The molecule has 190 valence electrons. The SMILES string of the molecule is CCCCc1nc(NC)c(C(=O)OC)n1Cc1c2ccocc-2c(Br)c1-c1ccccc1-c1nnn[nH]1. The van der Waals surface area contributed by atoms with Gasteiger partial charge in [-0.05, 0) is 55.5 Å². The number of aromatic nitrogens is 6. The van der Waals surface area contributed by atoms with Gasteiger partial charge in [0.05, 0.1) is 26.2 Å². The van der Waals surface area contributed by atoms with Crippen molar-refractivity contribution in [2.75, 3.05) is 19.5 Å². The number of esters is 1. The molecule has 1 aliphatic heterocycles. The maximum atomic E-state index is 13.0. The van der Waals surface area contributed by atoms with E-state index in [2.05, 4.69) is 48.8 Å². The Morgan fingerprint density at radius 1 is 1.19 bits per heavy atom. The molecule has 1 aromatic carbocycles. The number of halogens is 1. The monoisotopic (exact) mass is 563 g/mol. The molecule has 0 saturated carbocycles. The Morgan fingerprint density at radius 3 is 2.70 bits per heavy atom. The maximum absolute atomic E-state index is 13.0. The first-order chi connectivity index (χ1) is 18.1. The highest BCUT2D eigenvalue weighted by atomic mass is 79.9. The summed E-state index contributed by atoms with van der Waals surface area (Å²) in [5, 5.41) is 17.6. The summed E-state index contributed by atoms with van der Waals surface area (Å²) in [6.07, 6.45) is 6.05. The van der Waals surface area contributed by atoms with E-state index >= 15 is 0 Å². The Kier molecular flexibility index (Phi) is 7.04. The van der Waals surface area contributed by atoms with E-state index in [0.717, 1.165) is 62.9 Å². The largest absolute Gasteiger partial charge is 0.472 e. The molecule has 11 heteroatoms. The van der Waals surface area contributed by atoms with Gasteiger partial charge in [-0.15, -0.1) is 5.10 Å². The number of hydrogen-bond donors (Lipinski definition) is 2. The van der Waals surface area contributed by atoms with Crippen molar-refractivity contribution in [2.24, 2.45) is 0 Å². The number of H-pyrrole nitrogens is 1. The molecule has 0 amide bonds. The average molecular weight is 564 g/mol. The lowest BCUT2D eigenvalue weighted by Crippen LogP contribution is -2.15. The van der Waals surface area contributed by atoms with Gasteiger partial charge in [-0.1, -0.05) is 37.6 Å². The van der Waals surface area contributed by atoms with Crippen LogP contribution in [-0.4, -0.2) is 50.3 Å². The summed E-state index contributed by atoms with van der Waals surface area (Å²) >= 11 is 3.84. The van der Waals surface area contributed by atoms with Gasteiger partial charge in [0.15, 0.2) is 17.3 Å². The second-order valence-corrected chi connectivity index (χ2v) is 9.30. The van der Waals surface area contributed by atoms with Crippen molar-refractivity contribution in [3.63, 3.8) is 0 Å². The first-order valence-corrected chi connectivity index (χ1v) is 12.7. The minimum atomic E-state index is -0.445. The van der Waals surface area contributed by atoms with Crippen LogP contribution < -0.4 is 5.32 Å². The molecule has 0 bridgehead atoms. The summed E-state index contributed by atoms with van der Waals surface area (Å²) in [6, 6.07) is 9.86. The van der Waals surface area contributed by atoms with Crippen molar-refractivity contribution < 1.29 is 13.9 Å². The Morgan fingerprint density at radius 2 is 2.00 bits per heavy atom. The van der Waals surface area contributed by atoms with E-state index in [1.165, 1.54) is 7.11 Å². The van der Waals surface area contributed by atoms with Crippen molar-refractivity contribution in [3.8, 4) is 33.6 Å². The zero-order valence-electron chi connectivity index (χ0n) is 20.7. The van der Waals surface area contributed by atoms with Gasteiger partial charge in [0.1, 0.15) is 5.82 Å². The maximum Gasteiger partial charge on any atom is 0.358 e. The number of ether oxygens (including phenoxy) is 1. The molecule has 0 atom stereocenters. The van der Waals surface area contributed by atoms with E-state index in [4.69, 9.17) is 14.1 Å². The number of anilines is 1. The Hall–Kier alpha value is -3.99. The van der Waals surface area contributed by atoms with Crippen LogP contribution in [0.1, 0.15) is 41.6 Å². The minimum Gasteiger partial charge on any atom is -0.472 e. The van der Waals surface area contributed by atoms with Gasteiger partial charge in [-0.2, -0.15) is 0 Å². The fraction of sp³-hybridized carbons (Fsp3) is 0.269. The molecule has 2 aromatic heterocycles. The Labute approximate surface area is 221 Å². The van der Waals surface area contributed by atoms with Gasteiger partial charge >= 0.3 is 5.97 Å². The Balaban J connectivity index is 1.76. The van der Waals surface area contributed by atoms with Crippen LogP contribution in [0.25, 0.3) is 33.6 Å². The average Bonchev–Trinajstić information content (AvgIpc) is 3.65. The van der Waals surface area contributed by atoms with Crippen molar-refractivity contribution >= 4 is 27.7 Å². The van der Waals surface area contributed by atoms with Crippen LogP contribution in [0.4, 0.5) is 5.82 Å². The molecule has 5 rings (SSSR count). The van der Waals surface area contributed by atoms with Gasteiger partial charge in [0.25, 0.3) is 0 Å². The number of methoxy groups -OCH3 is 1. The molecule has 0 saturated heterocycles. The fourth-order valence-corrected chi connectivity index (χ4v) is 5.42. The number of hydrogen-bond acceptors (Lipinski definition) is 8. The molecule has 1 aliphatic carbocycles. The van der Waals surface area contributed by atoms with Crippen molar-refractivity contribution in [1.29, 1.82) is 0 Å². The lowest BCUT2D eigenvalue weighted by atomic mass is 9.97. The molecule has 0 spiro atoms. The topological polar surface area (TPSA) is 124 Å². The predicted molar refractivity (Wildman–Crippen MR) is 142 cm³/mol. The van der Waals surface area contributed by atoms with E-state index in [1.807, 2.05) is 34.9 Å². The van der Waals surface area contributed by atoms with Crippen LogP contribution in [0.15, 0.2) is 51.7 Å². The van der Waals surface area contributed by atoms with Gasteiger partial charge in [0.2, 0.25) is 0 Å². The molecular weight excluding hydrogens is 538 g/mol. The van der Waals surface area contributed by atoms with E-state index < -0.39 is 5.97 Å². The number of fused-ring (bicyclic) bond motifs is 1. The normalized spacial score (nSPS) is 11.2. The van der Waals surface area contributed by atoms with Crippen LogP contribution in [0.2, 0.25) is 0 Å². The molecule has 2 N–H and O–H groups in total. The third-order valence-electron chi connectivity index (χ3n) is 6.40. The fourth-order valence-electron chi connectivity index (χ4n) is 4.66.